The highest BCUT2D eigenvalue weighted by Gasteiger charge is 2.27. The van der Waals surface area contributed by atoms with Crippen molar-refractivity contribution < 1.29 is 29.7 Å². The topological polar surface area (TPSA) is 150 Å². The average molecular weight is 296 g/mol. The Morgan fingerprint density at radius 3 is 2.00 bits per heavy atom. The molecular weight excluding hydrogens is 280 g/mol. The largest absolute Gasteiger partial charge is 0.478 e. The van der Waals surface area contributed by atoms with E-state index in [4.69, 9.17) is 15.0 Å². The molecule has 1 saturated heterocycles. The Hall–Kier alpha value is -2.61. The van der Waals surface area contributed by atoms with Gasteiger partial charge in [0.15, 0.2) is 0 Å². The van der Waals surface area contributed by atoms with Gasteiger partial charge in [-0.15, -0.1) is 0 Å². The predicted molar refractivity (Wildman–Crippen MR) is 72.9 cm³/mol. The summed E-state index contributed by atoms with van der Waals surface area (Å²) in [7, 11) is 0. The molecule has 6 N–H and O–H groups in total. The lowest BCUT2D eigenvalue weighted by atomic mass is 9.86. The molecule has 0 radical (unpaired) electrons. The monoisotopic (exact) mass is 296 g/mol. The third-order valence-corrected chi connectivity index (χ3v) is 3.16. The van der Waals surface area contributed by atoms with E-state index in [0.29, 0.717) is 5.56 Å². The highest BCUT2D eigenvalue weighted by atomic mass is 16.4. The fourth-order valence-corrected chi connectivity index (χ4v) is 2.10. The van der Waals surface area contributed by atoms with Crippen LogP contribution in [0.25, 0.3) is 0 Å². The smallest absolute Gasteiger partial charge is 0.402 e. The highest BCUT2D eigenvalue weighted by molar-refractivity contribution is 5.97. The van der Waals surface area contributed by atoms with E-state index in [1.165, 1.54) is 6.07 Å². The first-order valence-corrected chi connectivity index (χ1v) is 6.04. The van der Waals surface area contributed by atoms with Gasteiger partial charge in [-0.05, 0) is 24.1 Å². The summed E-state index contributed by atoms with van der Waals surface area (Å²) in [6.07, 6.45) is -1.33. The molecular formula is C13H16N2O6. The van der Waals surface area contributed by atoms with Crippen molar-refractivity contribution in [2.45, 2.75) is 12.8 Å². The molecule has 0 unspecified atom stereocenters. The second-order valence-electron chi connectivity index (χ2n) is 4.51. The van der Waals surface area contributed by atoms with Crippen LogP contribution < -0.4 is 11.1 Å². The Morgan fingerprint density at radius 1 is 1.14 bits per heavy atom. The summed E-state index contributed by atoms with van der Waals surface area (Å²) >= 11 is 0. The molecule has 0 atom stereocenters. The lowest BCUT2D eigenvalue weighted by Crippen LogP contribution is -2.40. The number of hydrogen-bond acceptors (Lipinski definition) is 4. The number of carboxylic acid groups (broad SMARTS) is 3. The van der Waals surface area contributed by atoms with Gasteiger partial charge in [-0.1, -0.05) is 6.07 Å². The van der Waals surface area contributed by atoms with Crippen LogP contribution in [0.2, 0.25) is 0 Å². The summed E-state index contributed by atoms with van der Waals surface area (Å²) in [5.41, 5.74) is 5.27. The number of nitrogens with two attached hydrogens (primary N) is 1. The van der Waals surface area contributed by atoms with Crippen molar-refractivity contribution in [3.05, 3.63) is 34.4 Å². The van der Waals surface area contributed by atoms with Gasteiger partial charge in [0.1, 0.15) is 0 Å². The van der Waals surface area contributed by atoms with Gasteiger partial charge < -0.3 is 26.4 Å². The number of benzene rings is 1. The van der Waals surface area contributed by atoms with Gasteiger partial charge in [0.2, 0.25) is 0 Å². The van der Waals surface area contributed by atoms with Crippen molar-refractivity contribution in [3.8, 4) is 0 Å². The maximum atomic E-state index is 11.2. The van der Waals surface area contributed by atoms with Crippen molar-refractivity contribution in [1.29, 1.82) is 0 Å². The molecule has 0 saturated carbocycles. The number of nitrogens with one attached hydrogen (secondary N) is 1. The number of primary amides is 1. The minimum Gasteiger partial charge on any atom is -0.478 e. The summed E-state index contributed by atoms with van der Waals surface area (Å²) in [5, 5.41) is 28.4. The van der Waals surface area contributed by atoms with Crippen LogP contribution in [0.3, 0.4) is 0 Å². The Balaban J connectivity index is 0.000000491. The van der Waals surface area contributed by atoms with Gasteiger partial charge in [-0.3, -0.25) is 0 Å². The van der Waals surface area contributed by atoms with E-state index < -0.39 is 18.0 Å². The van der Waals surface area contributed by atoms with E-state index in [0.717, 1.165) is 18.7 Å². The zero-order valence-electron chi connectivity index (χ0n) is 11.3. The van der Waals surface area contributed by atoms with Crippen LogP contribution in [-0.4, -0.2) is 46.4 Å². The Bertz CT molecular complexity index is 576. The summed E-state index contributed by atoms with van der Waals surface area (Å²) in [4.78, 5) is 31.0. The fourth-order valence-electron chi connectivity index (χ4n) is 2.10. The molecule has 1 amide bonds. The van der Waals surface area contributed by atoms with Crippen molar-refractivity contribution in [2.75, 3.05) is 13.1 Å². The minimum atomic E-state index is -1.33. The molecule has 1 aromatic rings. The number of carbonyl (C=O) groups is 3. The second kappa shape index (κ2) is 6.71. The van der Waals surface area contributed by atoms with Gasteiger partial charge in [0, 0.05) is 19.0 Å². The first-order valence-electron chi connectivity index (χ1n) is 6.04. The van der Waals surface area contributed by atoms with Crippen molar-refractivity contribution in [2.24, 2.45) is 5.73 Å². The summed E-state index contributed by atoms with van der Waals surface area (Å²) in [6.45, 7) is 3.03. The first-order chi connectivity index (χ1) is 9.75. The van der Waals surface area contributed by atoms with Crippen molar-refractivity contribution in [1.82, 2.24) is 5.32 Å². The van der Waals surface area contributed by atoms with E-state index in [-0.39, 0.29) is 17.0 Å². The molecule has 1 aliphatic rings. The van der Waals surface area contributed by atoms with Crippen LogP contribution in [0.5, 0.6) is 0 Å². The van der Waals surface area contributed by atoms with E-state index in [1.807, 2.05) is 0 Å². The minimum absolute atomic E-state index is 0.0541. The van der Waals surface area contributed by atoms with Crippen LogP contribution >= 0.6 is 0 Å². The third-order valence-electron chi connectivity index (χ3n) is 3.16. The molecule has 8 nitrogen and oxygen atoms in total. The van der Waals surface area contributed by atoms with Crippen molar-refractivity contribution in [3.63, 3.8) is 0 Å². The molecule has 8 heteroatoms. The Morgan fingerprint density at radius 2 is 1.67 bits per heavy atom. The summed E-state index contributed by atoms with van der Waals surface area (Å²) in [6, 6.07) is 3.10. The molecule has 2 rings (SSSR count). The molecule has 1 heterocycles. The predicted octanol–water partition coefficient (Wildman–Crippen LogP) is 0.701. The van der Waals surface area contributed by atoms with Crippen LogP contribution in [0.4, 0.5) is 4.79 Å². The SMILES string of the molecule is Cc1c(C(=O)O)ccc(C2CNC2)c1C(=O)O.NC(=O)O. The van der Waals surface area contributed by atoms with Crippen LogP contribution in [0.1, 0.15) is 37.8 Å². The van der Waals surface area contributed by atoms with Crippen molar-refractivity contribution >= 4 is 18.0 Å². The second-order valence-corrected chi connectivity index (χ2v) is 4.51. The van der Waals surface area contributed by atoms with Gasteiger partial charge in [-0.2, -0.15) is 0 Å². The molecule has 1 aliphatic heterocycles. The van der Waals surface area contributed by atoms with Crippen LogP contribution in [-0.2, 0) is 0 Å². The van der Waals surface area contributed by atoms with Gasteiger partial charge in [0.05, 0.1) is 11.1 Å². The van der Waals surface area contributed by atoms with E-state index >= 15 is 0 Å². The van der Waals surface area contributed by atoms with Gasteiger partial charge in [-0.25, -0.2) is 14.4 Å². The summed E-state index contributed by atoms with van der Waals surface area (Å²) < 4.78 is 0. The molecule has 0 bridgehead atoms. The number of carboxylic acids is 2. The van der Waals surface area contributed by atoms with Crippen LogP contribution in [0, 0.1) is 6.92 Å². The van der Waals surface area contributed by atoms with Crippen LogP contribution in [0.15, 0.2) is 12.1 Å². The van der Waals surface area contributed by atoms with Gasteiger partial charge in [0.25, 0.3) is 0 Å². The lowest BCUT2D eigenvalue weighted by Gasteiger charge is -2.29. The lowest BCUT2D eigenvalue weighted by molar-refractivity contribution is 0.0693. The average Bonchev–Trinajstić information content (AvgIpc) is 2.24. The molecule has 1 fully saturated rings. The summed E-state index contributed by atoms with van der Waals surface area (Å²) in [5.74, 6) is -1.99. The Labute approximate surface area is 120 Å². The zero-order valence-corrected chi connectivity index (χ0v) is 11.3. The standard InChI is InChI=1S/C12H13NO4.CH3NO2/c1-6-8(11(14)15)2-3-9(7-4-13-5-7)10(6)12(16)17;2-1(3)4/h2-3,7,13H,4-5H2,1H3,(H,14,15)(H,16,17);2H2,(H,3,4). The normalized spacial score (nSPS) is 13.6. The Kier molecular flexibility index (Phi) is 5.25. The first kappa shape index (κ1) is 16.4. The molecule has 0 spiro atoms. The molecule has 21 heavy (non-hydrogen) atoms. The molecule has 114 valence electrons. The highest BCUT2D eigenvalue weighted by Crippen LogP contribution is 2.28. The number of hydrogen-bond donors (Lipinski definition) is 5. The number of amides is 1. The number of aromatic carboxylic acids is 2. The number of rotatable bonds is 3. The third kappa shape index (κ3) is 3.93. The van der Waals surface area contributed by atoms with E-state index in [2.05, 4.69) is 11.1 Å². The molecule has 1 aromatic carbocycles. The molecule has 0 aliphatic carbocycles. The quantitative estimate of drug-likeness (QED) is 0.551. The zero-order chi connectivity index (χ0) is 16.2. The van der Waals surface area contributed by atoms with E-state index in [1.54, 1.807) is 13.0 Å². The maximum Gasteiger partial charge on any atom is 0.402 e. The molecule has 0 aromatic heterocycles. The fraction of sp³-hybridized carbons (Fsp3) is 0.308. The van der Waals surface area contributed by atoms with E-state index in [9.17, 15) is 14.7 Å². The maximum absolute atomic E-state index is 11.2. The van der Waals surface area contributed by atoms with Gasteiger partial charge >= 0.3 is 18.0 Å².